The molecule has 0 fully saturated rings. The van der Waals surface area contributed by atoms with Crippen molar-refractivity contribution in [1.29, 1.82) is 0 Å². The van der Waals surface area contributed by atoms with Crippen LogP contribution >= 0.6 is 11.3 Å². The second kappa shape index (κ2) is 6.95. The molecule has 1 rings (SSSR count). The molecule has 0 aromatic carbocycles. The highest BCUT2D eigenvalue weighted by atomic mass is 32.1. The second-order valence-electron chi connectivity index (χ2n) is 3.30. The van der Waals surface area contributed by atoms with Crippen molar-refractivity contribution >= 4 is 28.4 Å². The number of hydrogen-bond acceptors (Lipinski definition) is 7. The van der Waals surface area contributed by atoms with E-state index in [-0.39, 0.29) is 18.2 Å². The lowest BCUT2D eigenvalue weighted by atomic mass is 10.4. The van der Waals surface area contributed by atoms with Crippen molar-refractivity contribution in [3.63, 3.8) is 0 Å². The summed E-state index contributed by atoms with van der Waals surface area (Å²) in [7, 11) is 0. The standard InChI is InChI=1S/C11H16N2O4S/c1-4-16-8(14)6-12-11-13-9(7(3)18-11)10(15)17-5-2/h4-6H2,1-3H3,(H,12,13). The molecule has 0 saturated heterocycles. The summed E-state index contributed by atoms with van der Waals surface area (Å²) in [5.41, 5.74) is 0.285. The summed E-state index contributed by atoms with van der Waals surface area (Å²) in [5.74, 6) is -0.807. The van der Waals surface area contributed by atoms with Crippen LogP contribution in [0.25, 0.3) is 0 Å². The average Bonchev–Trinajstić information content (AvgIpc) is 2.69. The lowest BCUT2D eigenvalue weighted by Crippen LogP contribution is -2.16. The van der Waals surface area contributed by atoms with Gasteiger partial charge in [0.15, 0.2) is 10.8 Å². The van der Waals surface area contributed by atoms with Crippen LogP contribution in [0.15, 0.2) is 0 Å². The molecule has 1 heterocycles. The van der Waals surface area contributed by atoms with E-state index in [1.807, 2.05) is 0 Å². The number of aryl methyl sites for hydroxylation is 1. The predicted octanol–water partition coefficient (Wildman–Crippen LogP) is 1.60. The summed E-state index contributed by atoms with van der Waals surface area (Å²) in [6, 6.07) is 0. The molecule has 0 radical (unpaired) electrons. The summed E-state index contributed by atoms with van der Waals surface area (Å²) < 4.78 is 9.64. The number of esters is 2. The van der Waals surface area contributed by atoms with E-state index >= 15 is 0 Å². The molecule has 0 bridgehead atoms. The molecule has 0 unspecified atom stereocenters. The largest absolute Gasteiger partial charge is 0.465 e. The number of ether oxygens (including phenoxy) is 2. The first-order chi connectivity index (χ1) is 8.58. The Balaban J connectivity index is 2.61. The number of aromatic nitrogens is 1. The van der Waals surface area contributed by atoms with Crippen molar-refractivity contribution in [3.8, 4) is 0 Å². The van der Waals surface area contributed by atoms with E-state index in [1.165, 1.54) is 11.3 Å². The third-order valence-corrected chi connectivity index (χ3v) is 2.88. The van der Waals surface area contributed by atoms with Gasteiger partial charge in [0.05, 0.1) is 13.2 Å². The number of rotatable bonds is 6. The van der Waals surface area contributed by atoms with Gasteiger partial charge in [-0.05, 0) is 20.8 Å². The highest BCUT2D eigenvalue weighted by Crippen LogP contribution is 2.22. The molecule has 6 nitrogen and oxygen atoms in total. The fourth-order valence-corrected chi connectivity index (χ4v) is 2.02. The molecular formula is C11H16N2O4S. The Kier molecular flexibility index (Phi) is 5.57. The van der Waals surface area contributed by atoms with Gasteiger partial charge in [0.2, 0.25) is 0 Å². The van der Waals surface area contributed by atoms with Crippen LogP contribution in [0.5, 0.6) is 0 Å². The first kappa shape index (κ1) is 14.4. The van der Waals surface area contributed by atoms with Crippen LogP contribution in [-0.4, -0.2) is 36.7 Å². The Bertz CT molecular complexity index is 431. The normalized spacial score (nSPS) is 9.94. The number of hydrogen-bond donors (Lipinski definition) is 1. The maximum Gasteiger partial charge on any atom is 0.358 e. The van der Waals surface area contributed by atoms with Crippen LogP contribution in [0.2, 0.25) is 0 Å². The number of carbonyl (C=O) groups excluding carboxylic acids is 2. The Hall–Kier alpha value is -1.63. The van der Waals surface area contributed by atoms with Crippen LogP contribution in [0.4, 0.5) is 5.13 Å². The molecule has 0 amide bonds. The maximum absolute atomic E-state index is 11.5. The summed E-state index contributed by atoms with van der Waals surface area (Å²) in [4.78, 5) is 27.5. The van der Waals surface area contributed by atoms with Crippen molar-refractivity contribution < 1.29 is 19.1 Å². The SMILES string of the molecule is CCOC(=O)CNc1nc(C(=O)OCC)c(C)s1. The van der Waals surface area contributed by atoms with Gasteiger partial charge in [0.1, 0.15) is 6.54 Å². The van der Waals surface area contributed by atoms with Crippen molar-refractivity contribution in [2.75, 3.05) is 25.1 Å². The fourth-order valence-electron chi connectivity index (χ4n) is 1.22. The topological polar surface area (TPSA) is 77.5 Å². The maximum atomic E-state index is 11.5. The number of carbonyl (C=O) groups is 2. The zero-order valence-corrected chi connectivity index (χ0v) is 11.4. The van der Waals surface area contributed by atoms with Gasteiger partial charge in [-0.2, -0.15) is 0 Å². The molecule has 0 aliphatic rings. The average molecular weight is 272 g/mol. The molecule has 1 aromatic rings. The van der Waals surface area contributed by atoms with Gasteiger partial charge >= 0.3 is 11.9 Å². The van der Waals surface area contributed by atoms with Crippen molar-refractivity contribution in [3.05, 3.63) is 10.6 Å². The van der Waals surface area contributed by atoms with Crippen LogP contribution in [0.1, 0.15) is 29.2 Å². The molecule has 0 saturated carbocycles. The number of anilines is 1. The van der Waals surface area contributed by atoms with E-state index < -0.39 is 5.97 Å². The molecule has 100 valence electrons. The van der Waals surface area contributed by atoms with Crippen LogP contribution in [0, 0.1) is 6.92 Å². The number of nitrogens with one attached hydrogen (secondary N) is 1. The van der Waals surface area contributed by atoms with Gasteiger partial charge < -0.3 is 14.8 Å². The quantitative estimate of drug-likeness (QED) is 0.793. The van der Waals surface area contributed by atoms with Gasteiger partial charge in [-0.15, -0.1) is 11.3 Å². The van der Waals surface area contributed by atoms with Crippen molar-refractivity contribution in [2.24, 2.45) is 0 Å². The van der Waals surface area contributed by atoms with Crippen molar-refractivity contribution in [2.45, 2.75) is 20.8 Å². The molecule has 7 heteroatoms. The van der Waals surface area contributed by atoms with E-state index in [2.05, 4.69) is 10.3 Å². The Morgan fingerprint density at radius 1 is 1.28 bits per heavy atom. The molecule has 18 heavy (non-hydrogen) atoms. The number of nitrogens with zero attached hydrogens (tertiary/aromatic N) is 1. The molecule has 0 aliphatic heterocycles. The van der Waals surface area contributed by atoms with Crippen LogP contribution in [0.3, 0.4) is 0 Å². The first-order valence-corrected chi connectivity index (χ1v) is 6.44. The molecule has 1 N–H and O–H groups in total. The molecule has 0 atom stereocenters. The van der Waals surface area contributed by atoms with E-state index in [0.717, 1.165) is 4.88 Å². The Labute approximate surface area is 109 Å². The van der Waals surface area contributed by atoms with E-state index in [1.54, 1.807) is 20.8 Å². The summed E-state index contributed by atoms with van der Waals surface area (Å²) in [6.07, 6.45) is 0. The molecule has 1 aromatic heterocycles. The third-order valence-electron chi connectivity index (χ3n) is 1.95. The molecule has 0 aliphatic carbocycles. The van der Waals surface area contributed by atoms with Gasteiger partial charge in [-0.25, -0.2) is 9.78 Å². The minimum absolute atomic E-state index is 0.0308. The van der Waals surface area contributed by atoms with E-state index in [4.69, 9.17) is 9.47 Å². The second-order valence-corrected chi connectivity index (χ2v) is 4.51. The Morgan fingerprint density at radius 3 is 2.56 bits per heavy atom. The van der Waals surface area contributed by atoms with Crippen LogP contribution in [-0.2, 0) is 14.3 Å². The van der Waals surface area contributed by atoms with Gasteiger partial charge in [-0.1, -0.05) is 0 Å². The van der Waals surface area contributed by atoms with Gasteiger partial charge in [0, 0.05) is 4.88 Å². The van der Waals surface area contributed by atoms with Crippen LogP contribution < -0.4 is 5.32 Å². The highest BCUT2D eigenvalue weighted by molar-refractivity contribution is 7.15. The third kappa shape index (κ3) is 3.99. The first-order valence-electron chi connectivity index (χ1n) is 5.62. The molecule has 0 spiro atoms. The smallest absolute Gasteiger partial charge is 0.358 e. The highest BCUT2D eigenvalue weighted by Gasteiger charge is 2.16. The zero-order valence-electron chi connectivity index (χ0n) is 10.6. The summed E-state index contributed by atoms with van der Waals surface area (Å²) >= 11 is 1.30. The number of thiazole rings is 1. The summed E-state index contributed by atoms with van der Waals surface area (Å²) in [6.45, 7) is 5.93. The van der Waals surface area contributed by atoms with Crippen molar-refractivity contribution in [1.82, 2.24) is 4.98 Å². The van der Waals surface area contributed by atoms with E-state index in [0.29, 0.717) is 18.3 Å². The minimum Gasteiger partial charge on any atom is -0.465 e. The van der Waals surface area contributed by atoms with E-state index in [9.17, 15) is 9.59 Å². The van der Waals surface area contributed by atoms with Gasteiger partial charge in [0.25, 0.3) is 0 Å². The summed E-state index contributed by atoms with van der Waals surface area (Å²) in [5, 5.41) is 3.32. The Morgan fingerprint density at radius 2 is 1.94 bits per heavy atom. The predicted molar refractivity (Wildman–Crippen MR) is 67.9 cm³/mol. The van der Waals surface area contributed by atoms with Gasteiger partial charge in [-0.3, -0.25) is 4.79 Å². The fraction of sp³-hybridized carbons (Fsp3) is 0.545. The zero-order chi connectivity index (χ0) is 13.5. The lowest BCUT2D eigenvalue weighted by Gasteiger charge is -2.01. The molecular weight excluding hydrogens is 256 g/mol. The minimum atomic E-state index is -0.449. The monoisotopic (exact) mass is 272 g/mol. The lowest BCUT2D eigenvalue weighted by molar-refractivity contribution is -0.140.